The number of benzene rings is 1. The molecule has 3 heteroatoms. The molecule has 1 aliphatic carbocycles. The summed E-state index contributed by atoms with van der Waals surface area (Å²) in [4.78, 5) is 1.30. The first-order valence-corrected chi connectivity index (χ1v) is 9.06. The third kappa shape index (κ3) is 3.50. The van der Waals surface area contributed by atoms with Gasteiger partial charge in [-0.3, -0.25) is 0 Å². The Morgan fingerprint density at radius 2 is 2.14 bits per heavy atom. The minimum atomic E-state index is 0.266. The first kappa shape index (κ1) is 15.1. The van der Waals surface area contributed by atoms with Gasteiger partial charge in [0.25, 0.3) is 0 Å². The van der Waals surface area contributed by atoms with E-state index in [4.69, 9.17) is 11.6 Å². The fraction of sp³-hybridized carbons (Fsp3) is 0.444. The van der Waals surface area contributed by atoms with Gasteiger partial charge in [-0.05, 0) is 55.0 Å². The van der Waals surface area contributed by atoms with Crippen LogP contribution in [-0.2, 0) is 0 Å². The van der Waals surface area contributed by atoms with E-state index in [-0.39, 0.29) is 6.04 Å². The summed E-state index contributed by atoms with van der Waals surface area (Å²) in [5, 5.41) is 3.67. The highest BCUT2D eigenvalue weighted by molar-refractivity contribution is 7.16. The van der Waals surface area contributed by atoms with E-state index in [1.807, 2.05) is 6.07 Å². The number of rotatable bonds is 6. The van der Waals surface area contributed by atoms with Crippen molar-refractivity contribution in [2.75, 3.05) is 6.54 Å². The summed E-state index contributed by atoms with van der Waals surface area (Å²) >= 11 is 7.81. The molecule has 0 bridgehead atoms. The van der Waals surface area contributed by atoms with E-state index in [2.05, 4.69) is 42.6 Å². The Morgan fingerprint density at radius 3 is 2.76 bits per heavy atom. The van der Waals surface area contributed by atoms with Gasteiger partial charge in [0.15, 0.2) is 0 Å². The fourth-order valence-corrected chi connectivity index (χ4v) is 4.05. The molecule has 0 radical (unpaired) electrons. The van der Waals surface area contributed by atoms with Crippen molar-refractivity contribution in [3.8, 4) is 0 Å². The van der Waals surface area contributed by atoms with Crippen molar-refractivity contribution in [1.29, 1.82) is 0 Å². The lowest BCUT2D eigenvalue weighted by atomic mass is 9.79. The molecule has 112 valence electrons. The number of halogens is 1. The number of hydrogen-bond donors (Lipinski definition) is 1. The van der Waals surface area contributed by atoms with Crippen LogP contribution in [0.4, 0.5) is 0 Å². The molecule has 1 aromatic heterocycles. The molecule has 0 spiro atoms. The molecule has 0 aliphatic heterocycles. The van der Waals surface area contributed by atoms with E-state index in [0.29, 0.717) is 0 Å². The Hall–Kier alpha value is -0.830. The summed E-state index contributed by atoms with van der Waals surface area (Å²) in [7, 11) is 0. The van der Waals surface area contributed by atoms with Crippen LogP contribution in [0.3, 0.4) is 0 Å². The van der Waals surface area contributed by atoms with Gasteiger partial charge in [-0.15, -0.1) is 11.3 Å². The van der Waals surface area contributed by atoms with E-state index in [1.54, 1.807) is 11.3 Å². The molecule has 1 atom stereocenters. The molecular formula is C18H22ClNS. The van der Waals surface area contributed by atoms with Crippen LogP contribution in [0.2, 0.25) is 4.34 Å². The third-order valence-corrected chi connectivity index (χ3v) is 5.59. The van der Waals surface area contributed by atoms with E-state index in [0.717, 1.165) is 23.2 Å². The summed E-state index contributed by atoms with van der Waals surface area (Å²) < 4.78 is 0.864. The lowest BCUT2D eigenvalue weighted by Crippen LogP contribution is -2.22. The Kier molecular flexibility index (Phi) is 4.99. The quantitative estimate of drug-likeness (QED) is 0.714. The standard InChI is InChI=1S/C18H22ClNS/c1-2-11-20-18(16-9-10-17(19)21-16)15-8-4-7-14(12-15)13-5-3-6-13/h4,7-10,12-13,18,20H,2-3,5-6,11H2,1H3. The zero-order chi connectivity index (χ0) is 14.7. The summed E-state index contributed by atoms with van der Waals surface area (Å²) in [6.45, 7) is 3.23. The van der Waals surface area contributed by atoms with Crippen LogP contribution in [0.5, 0.6) is 0 Å². The zero-order valence-electron chi connectivity index (χ0n) is 12.4. The molecule has 1 fully saturated rings. The van der Waals surface area contributed by atoms with Gasteiger partial charge in [0.05, 0.1) is 10.4 Å². The van der Waals surface area contributed by atoms with Crippen LogP contribution < -0.4 is 5.32 Å². The topological polar surface area (TPSA) is 12.0 Å². The summed E-state index contributed by atoms with van der Waals surface area (Å²) in [5.74, 6) is 0.781. The van der Waals surface area contributed by atoms with Crippen molar-refractivity contribution in [3.05, 3.63) is 56.7 Å². The Labute approximate surface area is 136 Å². The zero-order valence-corrected chi connectivity index (χ0v) is 14.0. The molecule has 21 heavy (non-hydrogen) atoms. The Bertz CT molecular complexity index is 588. The van der Waals surface area contributed by atoms with E-state index < -0.39 is 0 Å². The lowest BCUT2D eigenvalue weighted by molar-refractivity contribution is 0.419. The van der Waals surface area contributed by atoms with Crippen molar-refractivity contribution in [2.45, 2.75) is 44.6 Å². The SMILES string of the molecule is CCCNC(c1cccc(C2CCC2)c1)c1ccc(Cl)s1. The summed E-state index contributed by atoms with van der Waals surface area (Å²) in [6.07, 6.45) is 5.22. The number of nitrogens with one attached hydrogen (secondary N) is 1. The van der Waals surface area contributed by atoms with Crippen molar-refractivity contribution >= 4 is 22.9 Å². The predicted molar refractivity (Wildman–Crippen MR) is 92.5 cm³/mol. The highest BCUT2D eigenvalue weighted by Gasteiger charge is 2.21. The van der Waals surface area contributed by atoms with Crippen molar-refractivity contribution < 1.29 is 0 Å². The first-order chi connectivity index (χ1) is 10.3. The van der Waals surface area contributed by atoms with Crippen molar-refractivity contribution in [1.82, 2.24) is 5.32 Å². The molecule has 1 unspecified atom stereocenters. The average molecular weight is 320 g/mol. The van der Waals surface area contributed by atoms with Gasteiger partial charge in [-0.2, -0.15) is 0 Å². The third-order valence-electron chi connectivity index (χ3n) is 4.30. The maximum absolute atomic E-state index is 6.13. The van der Waals surface area contributed by atoms with Crippen LogP contribution in [0.15, 0.2) is 36.4 Å². The second kappa shape index (κ2) is 6.95. The van der Waals surface area contributed by atoms with Gasteiger partial charge in [-0.1, -0.05) is 49.2 Å². The molecule has 1 N–H and O–H groups in total. The smallest absolute Gasteiger partial charge is 0.0931 e. The summed E-state index contributed by atoms with van der Waals surface area (Å²) in [5.41, 5.74) is 2.87. The maximum Gasteiger partial charge on any atom is 0.0931 e. The largest absolute Gasteiger partial charge is 0.306 e. The first-order valence-electron chi connectivity index (χ1n) is 7.86. The van der Waals surface area contributed by atoms with Crippen molar-refractivity contribution in [3.63, 3.8) is 0 Å². The predicted octanol–water partition coefficient (Wildman–Crippen LogP) is 5.76. The average Bonchev–Trinajstić information content (AvgIpc) is 2.84. The fourth-order valence-electron chi connectivity index (χ4n) is 2.89. The van der Waals surface area contributed by atoms with Crippen molar-refractivity contribution in [2.24, 2.45) is 0 Å². The van der Waals surface area contributed by atoms with Gasteiger partial charge in [0, 0.05) is 4.88 Å². The Morgan fingerprint density at radius 1 is 1.29 bits per heavy atom. The van der Waals surface area contributed by atoms with Crippen LogP contribution in [0.25, 0.3) is 0 Å². The monoisotopic (exact) mass is 319 g/mol. The van der Waals surface area contributed by atoms with Gasteiger partial charge in [-0.25, -0.2) is 0 Å². The second-order valence-corrected chi connectivity index (χ2v) is 7.57. The van der Waals surface area contributed by atoms with Gasteiger partial charge in [0.1, 0.15) is 0 Å². The van der Waals surface area contributed by atoms with E-state index >= 15 is 0 Å². The second-order valence-electron chi connectivity index (χ2n) is 5.83. The minimum absolute atomic E-state index is 0.266. The Balaban J connectivity index is 1.88. The highest BCUT2D eigenvalue weighted by Crippen LogP contribution is 2.38. The summed E-state index contributed by atoms with van der Waals surface area (Å²) in [6, 6.07) is 13.5. The lowest BCUT2D eigenvalue weighted by Gasteiger charge is -2.27. The molecule has 0 saturated heterocycles. The molecule has 1 nitrogen and oxygen atoms in total. The molecule has 1 saturated carbocycles. The molecule has 3 rings (SSSR count). The molecule has 1 aliphatic rings. The van der Waals surface area contributed by atoms with E-state index in [9.17, 15) is 0 Å². The number of thiophene rings is 1. The number of hydrogen-bond acceptors (Lipinski definition) is 2. The van der Waals surface area contributed by atoms with Crippen LogP contribution in [-0.4, -0.2) is 6.54 Å². The van der Waals surface area contributed by atoms with Crippen LogP contribution >= 0.6 is 22.9 Å². The molecule has 1 heterocycles. The van der Waals surface area contributed by atoms with Crippen LogP contribution in [0.1, 0.15) is 60.6 Å². The normalized spacial score (nSPS) is 16.7. The van der Waals surface area contributed by atoms with Gasteiger partial charge in [0.2, 0.25) is 0 Å². The highest BCUT2D eigenvalue weighted by atomic mass is 35.5. The molecule has 2 aromatic rings. The molecular weight excluding hydrogens is 298 g/mol. The molecule has 1 aromatic carbocycles. The maximum atomic E-state index is 6.13. The molecule has 0 amide bonds. The van der Waals surface area contributed by atoms with E-state index in [1.165, 1.54) is 35.3 Å². The van der Waals surface area contributed by atoms with Gasteiger partial charge >= 0.3 is 0 Å². The van der Waals surface area contributed by atoms with Crippen LogP contribution in [0, 0.1) is 0 Å². The minimum Gasteiger partial charge on any atom is -0.306 e. The van der Waals surface area contributed by atoms with Gasteiger partial charge < -0.3 is 5.32 Å².